The van der Waals surface area contributed by atoms with Gasteiger partial charge in [0.2, 0.25) is 5.88 Å². The summed E-state index contributed by atoms with van der Waals surface area (Å²) in [6.45, 7) is 13.0. The number of amides is 1. The van der Waals surface area contributed by atoms with Gasteiger partial charge in [-0.1, -0.05) is 6.58 Å². The number of carbonyl (C=O) groups is 2. The summed E-state index contributed by atoms with van der Waals surface area (Å²) in [7, 11) is 0. The van der Waals surface area contributed by atoms with Crippen molar-refractivity contribution >= 4 is 24.0 Å². The lowest BCUT2D eigenvalue weighted by atomic mass is 9.81. The summed E-state index contributed by atoms with van der Waals surface area (Å²) in [5, 5.41) is 12.0. The number of piperidine rings is 1. The van der Waals surface area contributed by atoms with Crippen molar-refractivity contribution in [3.63, 3.8) is 0 Å². The summed E-state index contributed by atoms with van der Waals surface area (Å²) in [6, 6.07) is 3.70. The SMILES string of the molecule is C=C(CNC(=O)OC(C)(C)C)COc1ccc(SN2CCC(C)(C(=O)O)CC2)cn1. The van der Waals surface area contributed by atoms with E-state index < -0.39 is 23.1 Å². The topological polar surface area (TPSA) is 101 Å². The number of nitrogens with zero attached hydrogens (tertiary/aromatic N) is 2. The summed E-state index contributed by atoms with van der Waals surface area (Å²) in [4.78, 5) is 28.2. The molecule has 0 saturated carbocycles. The molecule has 2 heterocycles. The van der Waals surface area contributed by atoms with E-state index in [1.54, 1.807) is 45.0 Å². The van der Waals surface area contributed by atoms with Crippen LogP contribution < -0.4 is 10.1 Å². The van der Waals surface area contributed by atoms with Gasteiger partial charge in [0.25, 0.3) is 0 Å². The Hall–Kier alpha value is -2.26. The van der Waals surface area contributed by atoms with Crippen LogP contribution in [0.3, 0.4) is 0 Å². The van der Waals surface area contributed by atoms with Crippen LogP contribution >= 0.6 is 11.9 Å². The molecular weight excluding hydrogens is 406 g/mol. The first-order chi connectivity index (χ1) is 14.0. The normalized spacial score (nSPS) is 16.5. The number of hydrogen-bond acceptors (Lipinski definition) is 7. The molecule has 0 aliphatic carbocycles. The maximum atomic E-state index is 11.6. The quantitative estimate of drug-likeness (QED) is 0.469. The lowest BCUT2D eigenvalue weighted by Crippen LogP contribution is -2.39. The number of rotatable bonds is 8. The molecule has 1 aromatic rings. The van der Waals surface area contributed by atoms with Crippen molar-refractivity contribution in [1.29, 1.82) is 0 Å². The Morgan fingerprint density at radius 2 is 2.00 bits per heavy atom. The van der Waals surface area contributed by atoms with Gasteiger partial charge in [0.15, 0.2) is 0 Å². The van der Waals surface area contributed by atoms with Gasteiger partial charge in [0.1, 0.15) is 12.2 Å². The Balaban J connectivity index is 1.71. The van der Waals surface area contributed by atoms with Crippen molar-refractivity contribution in [3.8, 4) is 5.88 Å². The molecule has 1 aromatic heterocycles. The van der Waals surface area contributed by atoms with Gasteiger partial charge in [-0.2, -0.15) is 0 Å². The van der Waals surface area contributed by atoms with E-state index in [1.165, 1.54) is 0 Å². The van der Waals surface area contributed by atoms with E-state index in [0.29, 0.717) is 24.3 Å². The zero-order valence-electron chi connectivity index (χ0n) is 18.1. The van der Waals surface area contributed by atoms with Crippen molar-refractivity contribution in [2.75, 3.05) is 26.2 Å². The number of carbonyl (C=O) groups excluding carboxylic acids is 1. The van der Waals surface area contributed by atoms with Crippen molar-refractivity contribution in [2.45, 2.75) is 51.0 Å². The standard InChI is InChI=1S/C21H31N3O5S/c1-15(12-23-19(27)29-20(2,3)4)14-28-17-7-6-16(13-22-17)30-24-10-8-21(5,9-11-24)18(25)26/h6-7,13H,1,8-12,14H2,2-5H3,(H,23,27)(H,25,26). The maximum absolute atomic E-state index is 11.6. The second-order valence-corrected chi connectivity index (χ2v) is 9.78. The zero-order valence-corrected chi connectivity index (χ0v) is 18.9. The number of aromatic nitrogens is 1. The van der Waals surface area contributed by atoms with E-state index in [0.717, 1.165) is 18.0 Å². The molecule has 1 saturated heterocycles. The number of pyridine rings is 1. The highest BCUT2D eigenvalue weighted by Gasteiger charge is 2.37. The van der Waals surface area contributed by atoms with Gasteiger partial charge in [-0.3, -0.25) is 4.79 Å². The fourth-order valence-corrected chi connectivity index (χ4v) is 3.57. The van der Waals surface area contributed by atoms with Crippen molar-refractivity contribution in [1.82, 2.24) is 14.6 Å². The fourth-order valence-electron chi connectivity index (χ4n) is 2.68. The lowest BCUT2D eigenvalue weighted by molar-refractivity contribution is -0.150. The zero-order chi connectivity index (χ0) is 22.4. The Kier molecular flexibility index (Phi) is 8.14. The number of alkyl carbamates (subject to hydrolysis) is 1. The summed E-state index contributed by atoms with van der Waals surface area (Å²) in [5.74, 6) is -0.256. The Morgan fingerprint density at radius 3 is 2.53 bits per heavy atom. The van der Waals surface area contributed by atoms with E-state index in [-0.39, 0.29) is 13.2 Å². The van der Waals surface area contributed by atoms with Crippen LogP contribution in [-0.2, 0) is 9.53 Å². The predicted octanol–water partition coefficient (Wildman–Crippen LogP) is 3.74. The Bertz CT molecular complexity index is 753. The third-order valence-electron chi connectivity index (χ3n) is 4.59. The molecule has 0 atom stereocenters. The second kappa shape index (κ2) is 10.2. The van der Waals surface area contributed by atoms with Gasteiger partial charge in [0.05, 0.1) is 5.41 Å². The maximum Gasteiger partial charge on any atom is 0.407 e. The average Bonchev–Trinajstić information content (AvgIpc) is 2.66. The highest BCUT2D eigenvalue weighted by atomic mass is 32.2. The molecule has 0 aromatic carbocycles. The van der Waals surface area contributed by atoms with Gasteiger partial charge in [-0.25, -0.2) is 14.1 Å². The molecule has 1 aliphatic heterocycles. The summed E-state index contributed by atoms with van der Waals surface area (Å²) >= 11 is 1.57. The number of nitrogens with one attached hydrogen (secondary N) is 1. The minimum Gasteiger partial charge on any atom is -0.481 e. The predicted molar refractivity (Wildman–Crippen MR) is 116 cm³/mol. The van der Waals surface area contributed by atoms with Gasteiger partial charge in [-0.15, -0.1) is 0 Å². The van der Waals surface area contributed by atoms with Crippen LogP contribution in [0, 0.1) is 5.41 Å². The lowest BCUT2D eigenvalue weighted by Gasteiger charge is -2.35. The third kappa shape index (κ3) is 7.87. The smallest absolute Gasteiger partial charge is 0.407 e. The first-order valence-electron chi connectivity index (χ1n) is 9.85. The molecule has 2 N–H and O–H groups in total. The van der Waals surface area contributed by atoms with Crippen LogP contribution in [0.2, 0.25) is 0 Å². The Morgan fingerprint density at radius 1 is 1.33 bits per heavy atom. The second-order valence-electron chi connectivity index (χ2n) is 8.61. The highest BCUT2D eigenvalue weighted by molar-refractivity contribution is 7.97. The number of ether oxygens (including phenoxy) is 2. The number of aliphatic carboxylic acids is 1. The molecular formula is C21H31N3O5S. The number of carboxylic acid groups (broad SMARTS) is 1. The molecule has 1 amide bonds. The summed E-state index contributed by atoms with van der Waals surface area (Å²) in [6.07, 6.45) is 2.49. The van der Waals surface area contributed by atoms with Gasteiger partial charge in [-0.05, 0) is 64.1 Å². The fraction of sp³-hybridized carbons (Fsp3) is 0.571. The largest absolute Gasteiger partial charge is 0.481 e. The summed E-state index contributed by atoms with van der Waals surface area (Å²) < 4.78 is 12.9. The first-order valence-corrected chi connectivity index (χ1v) is 10.6. The molecule has 0 bridgehead atoms. The minimum absolute atomic E-state index is 0.231. The van der Waals surface area contributed by atoms with Crippen molar-refractivity contribution in [2.24, 2.45) is 5.41 Å². The van der Waals surface area contributed by atoms with Crippen molar-refractivity contribution in [3.05, 3.63) is 30.5 Å². The molecule has 166 valence electrons. The van der Waals surface area contributed by atoms with Crippen LogP contribution in [0.15, 0.2) is 35.4 Å². The molecule has 8 nitrogen and oxygen atoms in total. The average molecular weight is 438 g/mol. The number of hydrogen-bond donors (Lipinski definition) is 2. The molecule has 0 radical (unpaired) electrons. The molecule has 9 heteroatoms. The third-order valence-corrected chi connectivity index (χ3v) is 5.67. The van der Waals surface area contributed by atoms with Gasteiger partial charge < -0.3 is 19.9 Å². The first kappa shape index (κ1) is 24.0. The molecule has 0 unspecified atom stereocenters. The van der Waals surface area contributed by atoms with Crippen LogP contribution in [0.25, 0.3) is 0 Å². The van der Waals surface area contributed by atoms with Crippen LogP contribution in [0.4, 0.5) is 4.79 Å². The van der Waals surface area contributed by atoms with E-state index in [1.807, 2.05) is 13.0 Å². The molecule has 1 fully saturated rings. The van der Waals surface area contributed by atoms with Crippen LogP contribution in [0.5, 0.6) is 5.88 Å². The van der Waals surface area contributed by atoms with Gasteiger partial charge in [0, 0.05) is 36.8 Å². The molecule has 1 aliphatic rings. The van der Waals surface area contributed by atoms with Crippen molar-refractivity contribution < 1.29 is 24.2 Å². The number of carboxylic acids is 1. The van der Waals surface area contributed by atoms with Crippen LogP contribution in [0.1, 0.15) is 40.5 Å². The van der Waals surface area contributed by atoms with E-state index >= 15 is 0 Å². The summed E-state index contributed by atoms with van der Waals surface area (Å²) in [5.41, 5.74) is -0.486. The molecule has 0 spiro atoms. The van der Waals surface area contributed by atoms with Gasteiger partial charge >= 0.3 is 12.1 Å². The highest BCUT2D eigenvalue weighted by Crippen LogP contribution is 2.35. The monoisotopic (exact) mass is 437 g/mol. The Labute approximate surface area is 182 Å². The van der Waals surface area contributed by atoms with E-state index in [9.17, 15) is 14.7 Å². The van der Waals surface area contributed by atoms with E-state index in [2.05, 4.69) is 21.2 Å². The van der Waals surface area contributed by atoms with E-state index in [4.69, 9.17) is 9.47 Å². The minimum atomic E-state index is -0.724. The molecule has 30 heavy (non-hydrogen) atoms. The van der Waals surface area contributed by atoms with Crippen LogP contribution in [-0.4, -0.2) is 58.3 Å². The molecule has 2 rings (SSSR count).